The average Bonchev–Trinajstić information content (AvgIpc) is 3.22. The van der Waals surface area contributed by atoms with Gasteiger partial charge in [-0.1, -0.05) is 18.9 Å². The van der Waals surface area contributed by atoms with Crippen LogP contribution in [0.4, 0.5) is 4.39 Å². The molecular weight excluding hydrogens is 397 g/mol. The van der Waals surface area contributed by atoms with Crippen molar-refractivity contribution in [3.63, 3.8) is 0 Å². The molecule has 7 nitrogen and oxygen atoms in total. The van der Waals surface area contributed by atoms with Gasteiger partial charge in [0.15, 0.2) is 9.84 Å². The van der Waals surface area contributed by atoms with Crippen LogP contribution in [0.25, 0.3) is 0 Å². The molecule has 0 saturated heterocycles. The Morgan fingerprint density at radius 3 is 2.41 bits per heavy atom. The molecule has 9 heteroatoms. The number of aromatic nitrogens is 1. The Bertz CT molecular complexity index is 959. The van der Waals surface area contributed by atoms with E-state index < -0.39 is 32.7 Å². The van der Waals surface area contributed by atoms with Crippen molar-refractivity contribution >= 4 is 21.7 Å². The van der Waals surface area contributed by atoms with Gasteiger partial charge in [-0.05, 0) is 48.7 Å². The van der Waals surface area contributed by atoms with Gasteiger partial charge in [-0.25, -0.2) is 12.8 Å². The van der Waals surface area contributed by atoms with Crippen molar-refractivity contribution in [2.75, 3.05) is 6.54 Å². The number of carbonyl (C=O) groups excluding carboxylic acids is 2. The smallest absolute Gasteiger partial charge is 0.309 e. The molecule has 1 aliphatic carbocycles. The number of nitrogens with zero attached hydrogens (tertiary/aromatic N) is 1. The van der Waals surface area contributed by atoms with Gasteiger partial charge < -0.3 is 10.6 Å². The quantitative estimate of drug-likeness (QED) is 0.550. The lowest BCUT2D eigenvalue weighted by molar-refractivity contribution is -0.139. The van der Waals surface area contributed by atoms with E-state index >= 15 is 0 Å². The summed E-state index contributed by atoms with van der Waals surface area (Å²) < 4.78 is 39.4. The molecule has 1 fully saturated rings. The highest BCUT2D eigenvalue weighted by molar-refractivity contribution is 7.91. The zero-order valence-corrected chi connectivity index (χ0v) is 16.5. The van der Waals surface area contributed by atoms with Crippen molar-refractivity contribution in [2.45, 2.75) is 41.9 Å². The summed E-state index contributed by atoms with van der Waals surface area (Å²) in [5.74, 6) is -2.22. The standard InChI is InChI=1S/C20H22FN3O4S/c21-15-7-9-17(10-8-15)29(27,28)18(14-4-3-11-22-12-14)13-23-19(25)20(26)24-16-5-1-2-6-16/h3-4,7-12,16,18H,1-2,5-6,13H2,(H,23,25)(H,24,26)/t18-/m0/s1. The van der Waals surface area contributed by atoms with E-state index in [9.17, 15) is 22.4 Å². The van der Waals surface area contributed by atoms with Crippen LogP contribution >= 0.6 is 0 Å². The summed E-state index contributed by atoms with van der Waals surface area (Å²) in [6, 6.07) is 7.58. The summed E-state index contributed by atoms with van der Waals surface area (Å²) >= 11 is 0. The van der Waals surface area contributed by atoms with Crippen LogP contribution in [0.5, 0.6) is 0 Å². The van der Waals surface area contributed by atoms with Crippen LogP contribution in [0.1, 0.15) is 36.5 Å². The lowest BCUT2D eigenvalue weighted by Gasteiger charge is -2.19. The van der Waals surface area contributed by atoms with Gasteiger partial charge in [-0.15, -0.1) is 0 Å². The molecule has 0 aliphatic heterocycles. The van der Waals surface area contributed by atoms with Gasteiger partial charge in [0, 0.05) is 25.0 Å². The molecule has 1 heterocycles. The van der Waals surface area contributed by atoms with Gasteiger partial charge in [-0.2, -0.15) is 0 Å². The molecule has 154 valence electrons. The highest BCUT2D eigenvalue weighted by Crippen LogP contribution is 2.28. The van der Waals surface area contributed by atoms with E-state index in [2.05, 4.69) is 15.6 Å². The Labute approximate surface area is 168 Å². The minimum atomic E-state index is -3.97. The van der Waals surface area contributed by atoms with Crippen LogP contribution in [0.3, 0.4) is 0 Å². The van der Waals surface area contributed by atoms with Crippen molar-refractivity contribution in [2.24, 2.45) is 0 Å². The summed E-state index contributed by atoms with van der Waals surface area (Å²) in [6.07, 6.45) is 6.55. The van der Waals surface area contributed by atoms with E-state index in [1.54, 1.807) is 12.1 Å². The molecule has 0 radical (unpaired) electrons. The highest BCUT2D eigenvalue weighted by atomic mass is 32.2. The Morgan fingerprint density at radius 2 is 1.79 bits per heavy atom. The number of hydrogen-bond acceptors (Lipinski definition) is 5. The van der Waals surface area contributed by atoms with E-state index in [1.807, 2.05) is 0 Å². The Morgan fingerprint density at radius 1 is 1.10 bits per heavy atom. The number of halogens is 1. The third-order valence-electron chi connectivity index (χ3n) is 4.92. The molecule has 0 bridgehead atoms. The number of rotatable bonds is 6. The predicted molar refractivity (Wildman–Crippen MR) is 104 cm³/mol. The molecule has 3 rings (SSSR count). The normalized spacial score (nSPS) is 15.6. The predicted octanol–water partition coefficient (Wildman–Crippen LogP) is 1.91. The van der Waals surface area contributed by atoms with Gasteiger partial charge in [0.25, 0.3) is 0 Å². The molecule has 2 aromatic rings. The van der Waals surface area contributed by atoms with Gasteiger partial charge in [0.2, 0.25) is 0 Å². The molecule has 1 atom stereocenters. The first-order valence-corrected chi connectivity index (χ1v) is 10.9. The van der Waals surface area contributed by atoms with Gasteiger partial charge in [0.1, 0.15) is 11.1 Å². The molecule has 29 heavy (non-hydrogen) atoms. The van der Waals surface area contributed by atoms with Crippen molar-refractivity contribution in [3.05, 3.63) is 60.2 Å². The number of nitrogens with one attached hydrogen (secondary N) is 2. The third kappa shape index (κ3) is 5.17. The fourth-order valence-electron chi connectivity index (χ4n) is 3.35. The second kappa shape index (κ2) is 9.13. The number of carbonyl (C=O) groups is 2. The summed E-state index contributed by atoms with van der Waals surface area (Å²) in [4.78, 5) is 28.1. The van der Waals surface area contributed by atoms with Crippen LogP contribution in [0, 0.1) is 5.82 Å². The van der Waals surface area contributed by atoms with Crippen molar-refractivity contribution < 1.29 is 22.4 Å². The topological polar surface area (TPSA) is 105 Å². The number of pyridine rings is 1. The molecule has 2 amide bonds. The maximum atomic E-state index is 13.2. The first kappa shape index (κ1) is 20.9. The monoisotopic (exact) mass is 419 g/mol. The summed E-state index contributed by atoms with van der Waals surface area (Å²) in [5, 5.41) is 3.90. The fourth-order valence-corrected chi connectivity index (χ4v) is 4.99. The summed E-state index contributed by atoms with van der Waals surface area (Å²) in [5.41, 5.74) is 0.355. The van der Waals surface area contributed by atoms with Crippen LogP contribution in [0.15, 0.2) is 53.7 Å². The SMILES string of the molecule is O=C(NC[C@@H](c1cccnc1)S(=O)(=O)c1ccc(F)cc1)C(=O)NC1CCCC1. The Kier molecular flexibility index (Phi) is 6.58. The lowest BCUT2D eigenvalue weighted by atomic mass is 10.2. The van der Waals surface area contributed by atoms with Crippen LogP contribution in [0.2, 0.25) is 0 Å². The van der Waals surface area contributed by atoms with Crippen molar-refractivity contribution in [1.82, 2.24) is 15.6 Å². The van der Waals surface area contributed by atoms with E-state index in [0.717, 1.165) is 37.8 Å². The first-order chi connectivity index (χ1) is 13.9. The Balaban J connectivity index is 1.76. The molecule has 2 N–H and O–H groups in total. The van der Waals surface area contributed by atoms with E-state index in [-0.39, 0.29) is 17.5 Å². The number of sulfone groups is 1. The average molecular weight is 419 g/mol. The number of hydrogen-bond donors (Lipinski definition) is 2. The van der Waals surface area contributed by atoms with Crippen molar-refractivity contribution in [1.29, 1.82) is 0 Å². The maximum Gasteiger partial charge on any atom is 0.309 e. The second-order valence-electron chi connectivity index (χ2n) is 6.94. The fraction of sp³-hybridized carbons (Fsp3) is 0.350. The van der Waals surface area contributed by atoms with Crippen LogP contribution in [-0.4, -0.2) is 37.8 Å². The second-order valence-corrected chi connectivity index (χ2v) is 9.07. The van der Waals surface area contributed by atoms with E-state index in [1.165, 1.54) is 24.5 Å². The minimum Gasteiger partial charge on any atom is -0.346 e. The third-order valence-corrected chi connectivity index (χ3v) is 7.03. The zero-order valence-electron chi connectivity index (χ0n) is 15.7. The van der Waals surface area contributed by atoms with Crippen molar-refractivity contribution in [3.8, 4) is 0 Å². The molecular formula is C20H22FN3O4S. The van der Waals surface area contributed by atoms with Gasteiger partial charge >= 0.3 is 11.8 Å². The van der Waals surface area contributed by atoms with Gasteiger partial charge in [-0.3, -0.25) is 14.6 Å². The van der Waals surface area contributed by atoms with E-state index in [0.29, 0.717) is 5.56 Å². The van der Waals surface area contributed by atoms with Crippen LogP contribution < -0.4 is 10.6 Å². The molecule has 0 unspecified atom stereocenters. The first-order valence-electron chi connectivity index (χ1n) is 9.36. The zero-order chi connectivity index (χ0) is 20.9. The molecule has 1 aliphatic rings. The van der Waals surface area contributed by atoms with E-state index in [4.69, 9.17) is 0 Å². The summed E-state index contributed by atoms with van der Waals surface area (Å²) in [6.45, 7) is -0.317. The Hall–Kier alpha value is -2.81. The minimum absolute atomic E-state index is 0.0229. The molecule has 1 aromatic heterocycles. The summed E-state index contributed by atoms with van der Waals surface area (Å²) in [7, 11) is -3.97. The van der Waals surface area contributed by atoms with Gasteiger partial charge in [0.05, 0.1) is 4.90 Å². The lowest BCUT2D eigenvalue weighted by Crippen LogP contribution is -2.45. The molecule has 1 aromatic carbocycles. The van der Waals surface area contributed by atoms with Crippen LogP contribution in [-0.2, 0) is 19.4 Å². The molecule has 1 saturated carbocycles. The number of amides is 2. The largest absolute Gasteiger partial charge is 0.346 e. The highest BCUT2D eigenvalue weighted by Gasteiger charge is 2.31. The number of benzene rings is 1. The maximum absolute atomic E-state index is 13.2. The molecule has 0 spiro atoms.